The summed E-state index contributed by atoms with van der Waals surface area (Å²) in [6.45, 7) is 6.23. The number of H-pyrrole nitrogens is 1. The molecule has 1 aliphatic heterocycles. The van der Waals surface area contributed by atoms with Crippen molar-refractivity contribution in [3.63, 3.8) is 0 Å². The Bertz CT molecular complexity index is 1380. The average Bonchev–Trinajstić information content (AvgIpc) is 3.66. The molecule has 0 unspecified atom stereocenters. The minimum absolute atomic E-state index is 0.0281. The maximum absolute atomic E-state index is 14.1. The topological polar surface area (TPSA) is 97.4 Å². The smallest absolute Gasteiger partial charge is 0.416 e. The zero-order valence-corrected chi connectivity index (χ0v) is 20.6. The van der Waals surface area contributed by atoms with E-state index in [4.69, 9.17) is 9.47 Å². The third kappa shape index (κ3) is 5.31. The number of pyridine rings is 1. The first-order valence-electron chi connectivity index (χ1n) is 12.2. The van der Waals surface area contributed by atoms with Gasteiger partial charge in [0.25, 0.3) is 11.5 Å². The second-order valence-electron chi connectivity index (χ2n) is 9.83. The summed E-state index contributed by atoms with van der Waals surface area (Å²) in [6, 6.07) is 5.18. The molecule has 3 atom stereocenters. The number of amides is 1. The predicted molar refractivity (Wildman–Crippen MR) is 128 cm³/mol. The first kappa shape index (κ1) is 25.2. The molecule has 2 aromatic heterocycles. The van der Waals surface area contributed by atoms with E-state index >= 15 is 0 Å². The lowest BCUT2D eigenvalue weighted by molar-refractivity contribution is -0.139. The molecule has 0 bridgehead atoms. The number of morpholine rings is 1. The Kier molecular flexibility index (Phi) is 6.43. The predicted octanol–water partition coefficient (Wildman–Crippen LogP) is 4.42. The SMILES string of the molecule is Cc1nc2cc(C(F)(F)F)c([C@H](Oc3ccc(C(=O)N4C[C@@H](C)O[C@@H](C)C4)cn3)C3CC3)cc2c(=O)[nH]1. The molecule has 8 nitrogen and oxygen atoms in total. The highest BCUT2D eigenvalue weighted by Crippen LogP contribution is 2.47. The van der Waals surface area contributed by atoms with Crippen molar-refractivity contribution < 1.29 is 27.4 Å². The number of carbonyl (C=O) groups is 1. The van der Waals surface area contributed by atoms with E-state index in [0.29, 0.717) is 31.5 Å². The van der Waals surface area contributed by atoms with Gasteiger partial charge in [-0.3, -0.25) is 9.59 Å². The zero-order valence-electron chi connectivity index (χ0n) is 20.6. The van der Waals surface area contributed by atoms with Gasteiger partial charge in [-0.2, -0.15) is 13.2 Å². The number of fused-ring (bicyclic) bond motifs is 1. The number of ether oxygens (including phenoxy) is 2. The lowest BCUT2D eigenvalue weighted by Gasteiger charge is -2.35. The molecule has 5 rings (SSSR count). The summed E-state index contributed by atoms with van der Waals surface area (Å²) in [5.74, 6) is -0.0271. The standard InChI is InChI=1S/C26H27F3N4O4/c1-13-11-33(12-14(2)36-13)25(35)17-6-7-22(30-10-17)37-23(16-4-5-16)18-8-19-21(9-20(18)26(27,28)29)31-15(3)32-24(19)34/h6-10,13-14,16,23H,4-5,11-12H2,1-3H3,(H,31,32,34)/t13-,14+,23-/m1/s1. The van der Waals surface area contributed by atoms with Crippen LogP contribution in [0.2, 0.25) is 0 Å². The Hall–Kier alpha value is -3.47. The van der Waals surface area contributed by atoms with E-state index in [2.05, 4.69) is 15.0 Å². The summed E-state index contributed by atoms with van der Waals surface area (Å²) in [6.07, 6.45) is -3.06. The highest BCUT2D eigenvalue weighted by Gasteiger charge is 2.42. The summed E-state index contributed by atoms with van der Waals surface area (Å²) in [5, 5.41) is 0.0609. The van der Waals surface area contributed by atoms with E-state index in [1.807, 2.05) is 13.8 Å². The summed E-state index contributed by atoms with van der Waals surface area (Å²) in [5.41, 5.74) is -1.21. The number of halogens is 3. The van der Waals surface area contributed by atoms with Gasteiger partial charge in [0.1, 0.15) is 11.9 Å². The van der Waals surface area contributed by atoms with Crippen LogP contribution in [-0.4, -0.2) is 51.1 Å². The number of aromatic amines is 1. The fourth-order valence-electron chi connectivity index (χ4n) is 4.85. The quantitative estimate of drug-likeness (QED) is 0.539. The maximum Gasteiger partial charge on any atom is 0.416 e. The summed E-state index contributed by atoms with van der Waals surface area (Å²) in [4.78, 5) is 37.9. The van der Waals surface area contributed by atoms with Gasteiger partial charge in [-0.05, 0) is 51.8 Å². The molecule has 3 aromatic rings. The molecule has 3 heterocycles. The van der Waals surface area contributed by atoms with E-state index in [-0.39, 0.29) is 52.2 Å². The molecule has 1 aromatic carbocycles. The molecule has 196 valence electrons. The van der Waals surface area contributed by atoms with Crippen LogP contribution in [0.25, 0.3) is 10.9 Å². The monoisotopic (exact) mass is 516 g/mol. The van der Waals surface area contributed by atoms with Gasteiger partial charge in [0.15, 0.2) is 0 Å². The normalized spacial score (nSPS) is 21.2. The Morgan fingerprint density at radius 1 is 1.19 bits per heavy atom. The number of nitrogens with zero attached hydrogens (tertiary/aromatic N) is 3. The molecule has 1 N–H and O–H groups in total. The molecule has 1 aliphatic carbocycles. The number of hydrogen-bond donors (Lipinski definition) is 1. The van der Waals surface area contributed by atoms with Crippen molar-refractivity contribution in [2.24, 2.45) is 5.92 Å². The van der Waals surface area contributed by atoms with Crippen LogP contribution in [0.5, 0.6) is 5.88 Å². The molecule has 11 heteroatoms. The Morgan fingerprint density at radius 3 is 2.49 bits per heavy atom. The number of nitrogens with one attached hydrogen (secondary N) is 1. The molecule has 1 saturated heterocycles. The lowest BCUT2D eigenvalue weighted by atomic mass is 9.96. The lowest BCUT2D eigenvalue weighted by Crippen LogP contribution is -2.48. The average molecular weight is 517 g/mol. The zero-order chi connectivity index (χ0) is 26.5. The van der Waals surface area contributed by atoms with Crippen LogP contribution in [0, 0.1) is 12.8 Å². The van der Waals surface area contributed by atoms with Crippen LogP contribution in [0.4, 0.5) is 13.2 Å². The number of aryl methyl sites for hydroxylation is 1. The van der Waals surface area contributed by atoms with Crippen LogP contribution in [0.15, 0.2) is 35.3 Å². The van der Waals surface area contributed by atoms with Crippen LogP contribution < -0.4 is 10.3 Å². The largest absolute Gasteiger partial charge is 0.469 e. The number of alkyl halides is 3. The third-order valence-corrected chi connectivity index (χ3v) is 6.59. The molecule has 37 heavy (non-hydrogen) atoms. The number of rotatable bonds is 5. The molecule has 2 fully saturated rings. The van der Waals surface area contributed by atoms with Crippen molar-refractivity contribution in [2.45, 2.75) is 58.1 Å². The van der Waals surface area contributed by atoms with E-state index < -0.39 is 23.4 Å². The Balaban J connectivity index is 1.45. The highest BCUT2D eigenvalue weighted by molar-refractivity contribution is 5.94. The summed E-state index contributed by atoms with van der Waals surface area (Å²) >= 11 is 0. The van der Waals surface area contributed by atoms with Gasteiger partial charge in [0.2, 0.25) is 5.88 Å². The fourth-order valence-corrected chi connectivity index (χ4v) is 4.85. The molecule has 2 aliphatic rings. The van der Waals surface area contributed by atoms with Crippen molar-refractivity contribution in [3.8, 4) is 5.88 Å². The van der Waals surface area contributed by atoms with Crippen molar-refractivity contribution >= 4 is 16.8 Å². The molecule has 1 amide bonds. The van der Waals surface area contributed by atoms with Gasteiger partial charge >= 0.3 is 6.18 Å². The minimum atomic E-state index is -4.67. The fraction of sp³-hybridized carbons (Fsp3) is 0.462. The van der Waals surface area contributed by atoms with Gasteiger partial charge < -0.3 is 19.4 Å². The van der Waals surface area contributed by atoms with Crippen molar-refractivity contribution in [1.29, 1.82) is 0 Å². The first-order valence-corrected chi connectivity index (χ1v) is 12.2. The summed E-state index contributed by atoms with van der Waals surface area (Å²) in [7, 11) is 0. The maximum atomic E-state index is 14.1. The molecule has 0 spiro atoms. The first-order chi connectivity index (χ1) is 17.5. The summed E-state index contributed by atoms with van der Waals surface area (Å²) < 4.78 is 54.0. The van der Waals surface area contributed by atoms with E-state index in [1.54, 1.807) is 11.0 Å². The third-order valence-electron chi connectivity index (χ3n) is 6.59. The van der Waals surface area contributed by atoms with Gasteiger partial charge in [0, 0.05) is 36.8 Å². The van der Waals surface area contributed by atoms with Crippen molar-refractivity contribution in [1.82, 2.24) is 19.9 Å². The van der Waals surface area contributed by atoms with Gasteiger partial charge in [-0.25, -0.2) is 9.97 Å². The Labute approximate surface area is 210 Å². The molecular weight excluding hydrogens is 489 g/mol. The number of carbonyl (C=O) groups excluding carboxylic acids is 1. The molecule has 1 saturated carbocycles. The van der Waals surface area contributed by atoms with Crippen LogP contribution in [0.3, 0.4) is 0 Å². The van der Waals surface area contributed by atoms with E-state index in [0.717, 1.165) is 6.07 Å². The van der Waals surface area contributed by atoms with E-state index in [1.165, 1.54) is 25.3 Å². The minimum Gasteiger partial charge on any atom is -0.469 e. The van der Waals surface area contributed by atoms with E-state index in [9.17, 15) is 22.8 Å². The van der Waals surface area contributed by atoms with Crippen molar-refractivity contribution in [2.75, 3.05) is 13.1 Å². The highest BCUT2D eigenvalue weighted by atomic mass is 19.4. The molecular formula is C26H27F3N4O4. The second-order valence-corrected chi connectivity index (χ2v) is 9.83. The van der Waals surface area contributed by atoms with Crippen LogP contribution in [-0.2, 0) is 10.9 Å². The van der Waals surface area contributed by atoms with Crippen LogP contribution in [0.1, 0.15) is 60.1 Å². The molecule has 0 radical (unpaired) electrons. The number of benzene rings is 1. The second kappa shape index (κ2) is 9.44. The van der Waals surface area contributed by atoms with Gasteiger partial charge in [0.05, 0.1) is 34.2 Å². The number of aromatic nitrogens is 3. The number of hydrogen-bond acceptors (Lipinski definition) is 6. The van der Waals surface area contributed by atoms with Gasteiger partial charge in [-0.1, -0.05) is 0 Å². The van der Waals surface area contributed by atoms with Crippen LogP contribution >= 0.6 is 0 Å². The van der Waals surface area contributed by atoms with Crippen molar-refractivity contribution in [3.05, 3.63) is 63.3 Å². The Morgan fingerprint density at radius 2 is 1.89 bits per heavy atom. The van der Waals surface area contributed by atoms with Gasteiger partial charge in [-0.15, -0.1) is 0 Å².